The van der Waals surface area contributed by atoms with Crippen LogP contribution in [0, 0.1) is 0 Å². The standard InChI is InChI=1S/C13H32O5Si2/c1-7-20(16-3,18-19(4,5)6)10-8-9-17-11-13(15)12(2)14/h12-15H,7-11H2,1-6H3. The highest BCUT2D eigenvalue weighted by Crippen LogP contribution is 2.24. The molecule has 2 N–H and O–H groups in total. The molecular weight excluding hydrogens is 292 g/mol. The molecule has 3 unspecified atom stereocenters. The van der Waals surface area contributed by atoms with Gasteiger partial charge in [-0.2, -0.15) is 0 Å². The normalized spacial score (nSPS) is 18.6. The number of ether oxygens (including phenoxy) is 1. The number of hydrogen-bond acceptors (Lipinski definition) is 5. The van der Waals surface area contributed by atoms with E-state index in [4.69, 9.17) is 18.4 Å². The van der Waals surface area contributed by atoms with Crippen molar-refractivity contribution in [3.63, 3.8) is 0 Å². The van der Waals surface area contributed by atoms with Crippen LogP contribution >= 0.6 is 0 Å². The second-order valence-electron chi connectivity index (χ2n) is 6.17. The van der Waals surface area contributed by atoms with Gasteiger partial charge in [-0.15, -0.1) is 0 Å². The quantitative estimate of drug-likeness (QED) is 0.450. The Morgan fingerprint density at radius 3 is 2.15 bits per heavy atom. The van der Waals surface area contributed by atoms with E-state index < -0.39 is 29.1 Å². The van der Waals surface area contributed by atoms with Crippen LogP contribution in [-0.2, 0) is 13.3 Å². The second kappa shape index (κ2) is 9.29. The van der Waals surface area contributed by atoms with Crippen LogP contribution in [0.15, 0.2) is 0 Å². The van der Waals surface area contributed by atoms with Crippen LogP contribution in [0.2, 0.25) is 31.7 Å². The highest BCUT2D eigenvalue weighted by atomic mass is 28.4. The summed E-state index contributed by atoms with van der Waals surface area (Å²) in [6.45, 7) is 10.9. The van der Waals surface area contributed by atoms with Crippen molar-refractivity contribution in [2.45, 2.75) is 64.2 Å². The maximum Gasteiger partial charge on any atom is 0.327 e. The topological polar surface area (TPSA) is 68.2 Å². The van der Waals surface area contributed by atoms with Crippen LogP contribution in [-0.4, -0.2) is 59.6 Å². The van der Waals surface area contributed by atoms with Crippen molar-refractivity contribution in [1.82, 2.24) is 0 Å². The zero-order chi connectivity index (χ0) is 15.8. The molecule has 0 aromatic rings. The van der Waals surface area contributed by atoms with Crippen molar-refractivity contribution < 1.29 is 23.5 Å². The minimum atomic E-state index is -2.11. The van der Waals surface area contributed by atoms with Gasteiger partial charge in [-0.05, 0) is 45.1 Å². The highest BCUT2D eigenvalue weighted by Gasteiger charge is 2.38. The van der Waals surface area contributed by atoms with Gasteiger partial charge in [0.2, 0.25) is 0 Å². The molecule has 0 rings (SSSR count). The monoisotopic (exact) mass is 324 g/mol. The summed E-state index contributed by atoms with van der Waals surface area (Å²) in [7, 11) is -1.98. The molecule has 0 aliphatic rings. The first kappa shape index (κ1) is 20.2. The van der Waals surface area contributed by atoms with Gasteiger partial charge in [0.15, 0.2) is 8.32 Å². The molecule has 0 saturated heterocycles. The molecular formula is C13H32O5Si2. The van der Waals surface area contributed by atoms with Gasteiger partial charge >= 0.3 is 8.56 Å². The molecule has 0 aromatic heterocycles. The molecule has 0 aromatic carbocycles. The Labute approximate surface area is 125 Å². The summed E-state index contributed by atoms with van der Waals surface area (Å²) >= 11 is 0. The van der Waals surface area contributed by atoms with Gasteiger partial charge in [0.05, 0.1) is 12.7 Å². The van der Waals surface area contributed by atoms with E-state index in [0.717, 1.165) is 18.5 Å². The number of rotatable bonds is 11. The Hall–Kier alpha value is 0.234. The van der Waals surface area contributed by atoms with Gasteiger partial charge in [-0.1, -0.05) is 6.92 Å². The Bertz CT molecular complexity index is 252. The zero-order valence-electron chi connectivity index (χ0n) is 13.8. The van der Waals surface area contributed by atoms with Crippen LogP contribution in [0.1, 0.15) is 20.3 Å². The first-order valence-electron chi connectivity index (χ1n) is 7.35. The summed E-state index contributed by atoms with van der Waals surface area (Å²) < 4.78 is 17.4. The maximum absolute atomic E-state index is 9.42. The number of aliphatic hydroxyl groups is 2. The lowest BCUT2D eigenvalue weighted by atomic mass is 10.2. The SMILES string of the molecule is CC[Si](CCCOCC(O)C(C)O)(OC)O[Si](C)(C)C. The third kappa shape index (κ3) is 8.50. The summed E-state index contributed by atoms with van der Waals surface area (Å²) in [6.07, 6.45) is -0.720. The van der Waals surface area contributed by atoms with E-state index in [1.165, 1.54) is 0 Å². The van der Waals surface area contributed by atoms with E-state index in [-0.39, 0.29) is 6.61 Å². The first-order valence-corrected chi connectivity index (χ1v) is 13.0. The largest absolute Gasteiger partial charge is 0.436 e. The molecule has 0 amide bonds. The van der Waals surface area contributed by atoms with Crippen molar-refractivity contribution in [2.75, 3.05) is 20.3 Å². The van der Waals surface area contributed by atoms with E-state index in [1.54, 1.807) is 14.0 Å². The predicted octanol–water partition coefficient (Wildman–Crippen LogP) is 2.09. The average Bonchev–Trinajstić information content (AvgIpc) is 2.35. The Morgan fingerprint density at radius 2 is 1.75 bits per heavy atom. The van der Waals surface area contributed by atoms with Gasteiger partial charge in [0, 0.05) is 13.7 Å². The summed E-state index contributed by atoms with van der Waals surface area (Å²) in [4.78, 5) is 0. The first-order chi connectivity index (χ1) is 9.16. The summed E-state index contributed by atoms with van der Waals surface area (Å²) in [5, 5.41) is 18.6. The van der Waals surface area contributed by atoms with E-state index in [2.05, 4.69) is 26.6 Å². The van der Waals surface area contributed by atoms with Crippen molar-refractivity contribution in [1.29, 1.82) is 0 Å². The van der Waals surface area contributed by atoms with Gasteiger partial charge < -0.3 is 23.5 Å². The average molecular weight is 325 g/mol. The van der Waals surface area contributed by atoms with Gasteiger partial charge in [-0.3, -0.25) is 0 Å². The van der Waals surface area contributed by atoms with E-state index in [1.807, 2.05) is 0 Å². The van der Waals surface area contributed by atoms with Crippen LogP contribution in [0.25, 0.3) is 0 Å². The molecule has 0 aliphatic carbocycles. The lowest BCUT2D eigenvalue weighted by Crippen LogP contribution is -2.48. The van der Waals surface area contributed by atoms with Crippen LogP contribution < -0.4 is 0 Å². The zero-order valence-corrected chi connectivity index (χ0v) is 15.8. The van der Waals surface area contributed by atoms with Crippen molar-refractivity contribution >= 4 is 16.9 Å². The third-order valence-corrected chi connectivity index (χ3v) is 9.97. The second-order valence-corrected chi connectivity index (χ2v) is 14.6. The number of aliphatic hydroxyl groups excluding tert-OH is 2. The van der Waals surface area contributed by atoms with Gasteiger partial charge in [-0.25, -0.2) is 0 Å². The van der Waals surface area contributed by atoms with Crippen molar-refractivity contribution in [2.24, 2.45) is 0 Å². The Morgan fingerprint density at radius 1 is 1.15 bits per heavy atom. The van der Waals surface area contributed by atoms with E-state index in [0.29, 0.717) is 6.61 Å². The van der Waals surface area contributed by atoms with Crippen molar-refractivity contribution in [3.05, 3.63) is 0 Å². The molecule has 0 fully saturated rings. The molecule has 20 heavy (non-hydrogen) atoms. The molecule has 0 radical (unpaired) electrons. The van der Waals surface area contributed by atoms with Crippen LogP contribution in [0.4, 0.5) is 0 Å². The minimum Gasteiger partial charge on any atom is -0.436 e. The lowest BCUT2D eigenvalue weighted by Gasteiger charge is -2.34. The van der Waals surface area contributed by atoms with Gasteiger partial charge in [0.25, 0.3) is 0 Å². The smallest absolute Gasteiger partial charge is 0.327 e. The van der Waals surface area contributed by atoms with Crippen LogP contribution in [0.3, 0.4) is 0 Å². The molecule has 0 heterocycles. The summed E-state index contributed by atoms with van der Waals surface area (Å²) in [5.41, 5.74) is 0. The van der Waals surface area contributed by atoms with E-state index in [9.17, 15) is 5.11 Å². The molecule has 0 saturated carbocycles. The predicted molar refractivity (Wildman–Crippen MR) is 85.6 cm³/mol. The Balaban J connectivity index is 4.10. The molecule has 0 spiro atoms. The molecule has 0 aliphatic heterocycles. The number of hydrogen-bond donors (Lipinski definition) is 2. The highest BCUT2D eigenvalue weighted by molar-refractivity contribution is 6.82. The molecule has 5 nitrogen and oxygen atoms in total. The van der Waals surface area contributed by atoms with Crippen LogP contribution in [0.5, 0.6) is 0 Å². The molecule has 122 valence electrons. The van der Waals surface area contributed by atoms with E-state index >= 15 is 0 Å². The fourth-order valence-corrected chi connectivity index (χ4v) is 9.25. The maximum atomic E-state index is 9.42. The molecule has 3 atom stereocenters. The fourth-order valence-electron chi connectivity index (χ4n) is 1.93. The van der Waals surface area contributed by atoms with Crippen molar-refractivity contribution in [3.8, 4) is 0 Å². The fraction of sp³-hybridized carbons (Fsp3) is 1.00. The molecule has 0 bridgehead atoms. The Kier molecular flexibility index (Phi) is 9.40. The summed E-state index contributed by atoms with van der Waals surface area (Å²) in [5.74, 6) is 0. The third-order valence-electron chi connectivity index (χ3n) is 3.09. The minimum absolute atomic E-state index is 0.167. The van der Waals surface area contributed by atoms with Gasteiger partial charge in [0.1, 0.15) is 6.10 Å². The lowest BCUT2D eigenvalue weighted by molar-refractivity contribution is -0.0303. The summed E-state index contributed by atoms with van der Waals surface area (Å²) in [6, 6.07) is 1.83. The molecule has 7 heteroatoms.